The van der Waals surface area contributed by atoms with Crippen molar-refractivity contribution in [3.63, 3.8) is 0 Å². The summed E-state index contributed by atoms with van der Waals surface area (Å²) >= 11 is 0. The van der Waals surface area contributed by atoms with Gasteiger partial charge in [0, 0.05) is 51.1 Å². The van der Waals surface area contributed by atoms with Crippen molar-refractivity contribution in [2.24, 2.45) is 0 Å². The van der Waals surface area contributed by atoms with Gasteiger partial charge in [-0.2, -0.15) is 0 Å². The molecule has 0 saturated carbocycles. The minimum absolute atomic E-state index is 0.269. The number of nitrogens with zero attached hydrogens (tertiary/aromatic N) is 4. The van der Waals surface area contributed by atoms with Crippen LogP contribution in [0.15, 0.2) is 109 Å². The number of imidazole rings is 4. The van der Waals surface area contributed by atoms with E-state index in [9.17, 15) is 0 Å². The first-order chi connectivity index (χ1) is 31.1. The maximum Gasteiger partial charge on any atom is 0.110 e. The summed E-state index contributed by atoms with van der Waals surface area (Å²) < 4.78 is 0. The standard InChI is InChI=1S/C56H52N8/c1-29(2)53-57-45-21-13-37-25-33(9-17-41(37)49(45)61-53)35-11-19-43-39(27-35)15-23-47-51(43)63-55(59-47)31(5)7-8-32(6)56-60-48-24-16-40-28-36(12-20-44(40)52(48)64-56)34-10-18-42-38(26-34)14-22-46-50(42)62-54(58-46)30(3)4/h9-13,15-21,23-32H,7-8,14,22H2,1-6H3,(H,57,61)(H,58,62)(H,59,63)(H,60,64). The van der Waals surface area contributed by atoms with Gasteiger partial charge in [0.2, 0.25) is 0 Å². The highest BCUT2D eigenvalue weighted by atomic mass is 15.0. The summed E-state index contributed by atoms with van der Waals surface area (Å²) in [6.07, 6.45) is 4.02. The molecule has 8 nitrogen and oxygen atoms in total. The maximum atomic E-state index is 5.23. The number of rotatable bonds is 9. The first-order valence-electron chi connectivity index (χ1n) is 23.1. The van der Waals surface area contributed by atoms with Gasteiger partial charge in [-0.15, -0.1) is 0 Å². The molecule has 4 N–H and O–H groups in total. The van der Waals surface area contributed by atoms with Crippen molar-refractivity contribution >= 4 is 65.4 Å². The zero-order valence-corrected chi connectivity index (χ0v) is 37.3. The molecule has 316 valence electrons. The molecular weight excluding hydrogens is 785 g/mol. The first kappa shape index (κ1) is 38.6. The monoisotopic (exact) mass is 836 g/mol. The van der Waals surface area contributed by atoms with Crippen LogP contribution in [0.25, 0.3) is 98.9 Å². The summed E-state index contributed by atoms with van der Waals surface area (Å²) in [6, 6.07) is 40.4. The Bertz CT molecular complexity index is 3630. The van der Waals surface area contributed by atoms with Gasteiger partial charge in [0.1, 0.15) is 23.3 Å². The highest BCUT2D eigenvalue weighted by Crippen LogP contribution is 2.38. The summed E-state index contributed by atoms with van der Waals surface area (Å²) in [6.45, 7) is 13.3. The predicted molar refractivity (Wildman–Crippen MR) is 264 cm³/mol. The molecule has 4 heterocycles. The molecule has 0 radical (unpaired) electrons. The number of hydrogen-bond acceptors (Lipinski definition) is 4. The fourth-order valence-corrected chi connectivity index (χ4v) is 10.1. The molecule has 0 spiro atoms. The van der Waals surface area contributed by atoms with E-state index in [1.165, 1.54) is 71.4 Å². The lowest BCUT2D eigenvalue weighted by molar-refractivity contribution is 0.547. The van der Waals surface area contributed by atoms with Gasteiger partial charge in [-0.05, 0) is 106 Å². The molecule has 0 bridgehead atoms. The number of fused-ring (bicyclic) bond motifs is 12. The molecule has 1 aliphatic rings. The molecule has 0 aliphatic heterocycles. The van der Waals surface area contributed by atoms with E-state index in [4.69, 9.17) is 19.9 Å². The maximum absolute atomic E-state index is 5.23. The minimum Gasteiger partial charge on any atom is -0.345 e. The second kappa shape index (κ2) is 14.8. The van der Waals surface area contributed by atoms with Crippen molar-refractivity contribution < 1.29 is 0 Å². The van der Waals surface area contributed by atoms with Gasteiger partial charge in [0.05, 0.1) is 38.8 Å². The minimum atomic E-state index is 0.269. The molecule has 4 aromatic heterocycles. The molecule has 1 aliphatic carbocycles. The summed E-state index contributed by atoms with van der Waals surface area (Å²) in [5.74, 6) is 5.47. The van der Waals surface area contributed by atoms with Gasteiger partial charge >= 0.3 is 0 Å². The topological polar surface area (TPSA) is 115 Å². The Balaban J connectivity index is 0.749. The lowest BCUT2D eigenvalue weighted by atomic mass is 9.89. The molecule has 0 saturated heterocycles. The highest BCUT2D eigenvalue weighted by Gasteiger charge is 2.23. The van der Waals surface area contributed by atoms with Crippen LogP contribution in [0, 0.1) is 0 Å². The number of nitrogens with one attached hydrogen (secondary N) is 4. The van der Waals surface area contributed by atoms with Crippen LogP contribution in [0.2, 0.25) is 0 Å². The van der Waals surface area contributed by atoms with Gasteiger partial charge in [0.15, 0.2) is 0 Å². The normalized spacial score (nSPS) is 13.9. The molecule has 0 amide bonds. The average Bonchev–Trinajstić information content (AvgIpc) is 4.14. The fraction of sp³-hybridized carbons (Fsp3) is 0.250. The average molecular weight is 837 g/mol. The van der Waals surface area contributed by atoms with Gasteiger partial charge in [-0.3, -0.25) is 0 Å². The zero-order valence-electron chi connectivity index (χ0n) is 37.3. The van der Waals surface area contributed by atoms with Gasteiger partial charge < -0.3 is 19.9 Å². The number of benzene rings is 7. The summed E-state index contributed by atoms with van der Waals surface area (Å²) in [4.78, 5) is 34.8. The lowest BCUT2D eigenvalue weighted by Crippen LogP contribution is -2.03. The quantitative estimate of drug-likeness (QED) is 0.116. The van der Waals surface area contributed by atoms with Crippen molar-refractivity contribution in [3.8, 4) is 33.5 Å². The number of aromatic amines is 4. The smallest absolute Gasteiger partial charge is 0.110 e. The summed E-state index contributed by atoms with van der Waals surface area (Å²) in [5.41, 5.74) is 16.3. The zero-order chi connectivity index (χ0) is 43.4. The SMILES string of the molecule is CC(C)c1nc2c([nH]1)CCc1cc(-c3ccc4c(ccc5[nH]c(C(C)CCC(C)c6nc7c(ccc8cc(-c9ccc%10c(ccc%11[nH]c(C(C)C)nc%11%10)c9)ccc87)[nH]6)nc54)c3)ccc1-2. The molecule has 7 aromatic carbocycles. The Hall–Kier alpha value is -7.06. The summed E-state index contributed by atoms with van der Waals surface area (Å²) in [7, 11) is 0. The van der Waals surface area contributed by atoms with E-state index in [1.54, 1.807) is 0 Å². The number of aryl methyl sites for hydroxylation is 2. The van der Waals surface area contributed by atoms with E-state index in [2.05, 4.69) is 171 Å². The van der Waals surface area contributed by atoms with E-state index < -0.39 is 0 Å². The van der Waals surface area contributed by atoms with E-state index in [1.807, 2.05) is 0 Å². The molecule has 2 unspecified atom stereocenters. The molecule has 2 atom stereocenters. The Morgan fingerprint density at radius 1 is 0.422 bits per heavy atom. The number of hydrogen-bond donors (Lipinski definition) is 4. The van der Waals surface area contributed by atoms with Crippen molar-refractivity contribution in [2.75, 3.05) is 0 Å². The van der Waals surface area contributed by atoms with Crippen molar-refractivity contribution in [1.29, 1.82) is 0 Å². The molecule has 12 rings (SSSR count). The lowest BCUT2D eigenvalue weighted by Gasteiger charge is -2.16. The van der Waals surface area contributed by atoms with Crippen LogP contribution in [0.3, 0.4) is 0 Å². The van der Waals surface area contributed by atoms with Crippen molar-refractivity contribution in [3.05, 3.63) is 144 Å². The van der Waals surface area contributed by atoms with E-state index in [0.29, 0.717) is 11.8 Å². The third kappa shape index (κ3) is 6.41. The Morgan fingerprint density at radius 2 is 0.844 bits per heavy atom. The van der Waals surface area contributed by atoms with Crippen LogP contribution in [0.5, 0.6) is 0 Å². The molecule has 64 heavy (non-hydrogen) atoms. The van der Waals surface area contributed by atoms with Crippen LogP contribution in [0.4, 0.5) is 0 Å². The Kier molecular flexibility index (Phi) is 8.91. The third-order valence-corrected chi connectivity index (χ3v) is 14.0. The van der Waals surface area contributed by atoms with Crippen LogP contribution in [-0.4, -0.2) is 39.9 Å². The second-order valence-corrected chi connectivity index (χ2v) is 19.1. The van der Waals surface area contributed by atoms with E-state index in [-0.39, 0.29) is 11.8 Å². The summed E-state index contributed by atoms with van der Waals surface area (Å²) in [5, 5.41) is 7.12. The highest BCUT2D eigenvalue weighted by molar-refractivity contribution is 6.08. The van der Waals surface area contributed by atoms with Crippen LogP contribution in [-0.2, 0) is 12.8 Å². The van der Waals surface area contributed by atoms with E-state index in [0.717, 1.165) is 87.8 Å². The van der Waals surface area contributed by atoms with Crippen LogP contribution < -0.4 is 0 Å². The molecule has 0 fully saturated rings. The van der Waals surface area contributed by atoms with Crippen molar-refractivity contribution in [2.45, 2.75) is 90.9 Å². The first-order valence-corrected chi connectivity index (χ1v) is 23.1. The van der Waals surface area contributed by atoms with Gasteiger partial charge in [-0.25, -0.2) is 19.9 Å². The number of H-pyrrole nitrogens is 4. The largest absolute Gasteiger partial charge is 0.345 e. The number of aromatic nitrogens is 8. The molecule has 8 heteroatoms. The predicted octanol–water partition coefficient (Wildman–Crippen LogP) is 14.5. The Labute approximate surface area is 372 Å². The van der Waals surface area contributed by atoms with Crippen LogP contribution >= 0.6 is 0 Å². The molecular formula is C56H52N8. The Morgan fingerprint density at radius 3 is 1.33 bits per heavy atom. The van der Waals surface area contributed by atoms with E-state index >= 15 is 0 Å². The fourth-order valence-electron chi connectivity index (χ4n) is 10.1. The molecule has 11 aromatic rings. The second-order valence-electron chi connectivity index (χ2n) is 19.1. The van der Waals surface area contributed by atoms with Gasteiger partial charge in [-0.1, -0.05) is 114 Å². The van der Waals surface area contributed by atoms with Crippen molar-refractivity contribution in [1.82, 2.24) is 39.9 Å². The van der Waals surface area contributed by atoms with Crippen LogP contribution in [0.1, 0.15) is 113 Å². The third-order valence-electron chi connectivity index (χ3n) is 14.0. The van der Waals surface area contributed by atoms with Gasteiger partial charge in [0.25, 0.3) is 0 Å².